The average Bonchev–Trinajstić information content (AvgIpc) is 3.15. The third-order valence-corrected chi connectivity index (χ3v) is 4.69. The van der Waals surface area contributed by atoms with Crippen LogP contribution in [0, 0.1) is 0 Å². The van der Waals surface area contributed by atoms with Crippen molar-refractivity contribution >= 4 is 29.2 Å². The summed E-state index contributed by atoms with van der Waals surface area (Å²) in [7, 11) is 0. The number of likely N-dealkylation sites (tertiary alicyclic amines) is 1. The lowest BCUT2D eigenvalue weighted by Gasteiger charge is -2.16. The van der Waals surface area contributed by atoms with Gasteiger partial charge in [-0.3, -0.25) is 4.90 Å². The van der Waals surface area contributed by atoms with Crippen molar-refractivity contribution in [2.24, 2.45) is 0 Å². The van der Waals surface area contributed by atoms with Gasteiger partial charge in [0.2, 0.25) is 0 Å². The third kappa shape index (κ3) is 4.87. The van der Waals surface area contributed by atoms with Crippen LogP contribution in [-0.2, 0) is 4.79 Å². The van der Waals surface area contributed by atoms with E-state index in [1.54, 1.807) is 36.4 Å². The van der Waals surface area contributed by atoms with Crippen LogP contribution in [0.1, 0.15) is 24.0 Å². The number of nitrogens with zero attached hydrogens (tertiary/aromatic N) is 1. The number of carboxylic acids is 1. The highest BCUT2D eigenvalue weighted by atomic mass is 35.5. The van der Waals surface area contributed by atoms with Crippen molar-refractivity contribution in [1.82, 2.24) is 4.90 Å². The molecule has 0 aliphatic carbocycles. The van der Waals surface area contributed by atoms with Gasteiger partial charge < -0.3 is 9.84 Å². The highest BCUT2D eigenvalue weighted by molar-refractivity contribution is 6.31. The number of rotatable bonds is 7. The van der Waals surface area contributed by atoms with Gasteiger partial charge in [-0.2, -0.15) is 0 Å². The summed E-state index contributed by atoms with van der Waals surface area (Å²) in [5.41, 5.74) is 1.51. The molecule has 1 aliphatic rings. The molecule has 1 aliphatic heterocycles. The number of halogens is 1. The quantitative estimate of drug-likeness (QED) is 0.577. The largest absolute Gasteiger partial charge is 0.492 e. The maximum Gasteiger partial charge on any atom is 0.336 e. The topological polar surface area (TPSA) is 49.8 Å². The number of ether oxygens (including phenoxy) is 1. The summed E-state index contributed by atoms with van der Waals surface area (Å²) in [4.78, 5) is 14.1. The van der Waals surface area contributed by atoms with Crippen molar-refractivity contribution in [3.05, 3.63) is 64.7 Å². The van der Waals surface area contributed by atoms with E-state index in [1.807, 2.05) is 18.2 Å². The van der Waals surface area contributed by atoms with Crippen molar-refractivity contribution < 1.29 is 14.6 Å². The summed E-state index contributed by atoms with van der Waals surface area (Å²) in [5.74, 6) is -0.345. The fourth-order valence-electron chi connectivity index (χ4n) is 3.10. The summed E-state index contributed by atoms with van der Waals surface area (Å²) < 4.78 is 5.93. The van der Waals surface area contributed by atoms with Crippen molar-refractivity contribution in [3.63, 3.8) is 0 Å². The molecule has 0 spiro atoms. The van der Waals surface area contributed by atoms with Crippen LogP contribution in [0.2, 0.25) is 5.02 Å². The second-order valence-corrected chi connectivity index (χ2v) is 6.74. The molecule has 0 atom stereocenters. The smallest absolute Gasteiger partial charge is 0.336 e. The molecular weight excluding hydrogens is 350 g/mol. The van der Waals surface area contributed by atoms with Crippen molar-refractivity contribution in [1.29, 1.82) is 0 Å². The molecule has 0 amide bonds. The Morgan fingerprint density at radius 2 is 1.88 bits per heavy atom. The van der Waals surface area contributed by atoms with Crippen LogP contribution in [0.15, 0.2) is 48.5 Å². The monoisotopic (exact) mass is 371 g/mol. The summed E-state index contributed by atoms with van der Waals surface area (Å²) >= 11 is 6.12. The Balaban J connectivity index is 1.82. The van der Waals surface area contributed by atoms with Gasteiger partial charge in [-0.05, 0) is 55.8 Å². The Bertz CT molecular complexity index is 783. The minimum atomic E-state index is -0.987. The van der Waals surface area contributed by atoms with E-state index in [0.717, 1.165) is 19.6 Å². The standard InChI is InChI=1S/C21H22ClNO3/c22-18-8-9-20(26-13-12-23-10-4-5-11-23)17(14-18)15-19(21(24)25)16-6-2-1-3-7-16/h1-3,6-9,14-15H,4-5,10-13H2,(H,24,25)/b19-15-. The summed E-state index contributed by atoms with van der Waals surface area (Å²) in [5, 5.41) is 10.2. The Morgan fingerprint density at radius 3 is 2.58 bits per heavy atom. The molecule has 1 saturated heterocycles. The Hall–Kier alpha value is -2.30. The number of carbonyl (C=O) groups is 1. The number of hydrogen-bond donors (Lipinski definition) is 1. The van der Waals surface area contributed by atoms with Gasteiger partial charge >= 0.3 is 5.97 Å². The predicted molar refractivity (Wildman–Crippen MR) is 105 cm³/mol. The van der Waals surface area contributed by atoms with Crippen LogP contribution in [0.25, 0.3) is 11.6 Å². The van der Waals surface area contributed by atoms with Crippen LogP contribution in [0.3, 0.4) is 0 Å². The highest BCUT2D eigenvalue weighted by Gasteiger charge is 2.14. The van der Waals surface area contributed by atoms with Crippen LogP contribution >= 0.6 is 11.6 Å². The molecule has 1 fully saturated rings. The van der Waals surface area contributed by atoms with Gasteiger partial charge in [0.1, 0.15) is 12.4 Å². The van der Waals surface area contributed by atoms with Gasteiger partial charge in [0.25, 0.3) is 0 Å². The summed E-state index contributed by atoms with van der Waals surface area (Å²) in [6.45, 7) is 3.67. The summed E-state index contributed by atoms with van der Waals surface area (Å²) in [6.07, 6.45) is 4.11. The lowest BCUT2D eigenvalue weighted by Crippen LogP contribution is -2.25. The van der Waals surface area contributed by atoms with Gasteiger partial charge in [0.15, 0.2) is 0 Å². The molecule has 0 unspecified atom stereocenters. The van der Waals surface area contributed by atoms with E-state index >= 15 is 0 Å². The molecule has 0 aromatic heterocycles. The minimum Gasteiger partial charge on any atom is -0.492 e. The molecule has 136 valence electrons. The van der Waals surface area contributed by atoms with Crippen LogP contribution < -0.4 is 4.74 Å². The first-order valence-electron chi connectivity index (χ1n) is 8.78. The summed E-state index contributed by atoms with van der Waals surface area (Å²) in [6, 6.07) is 14.3. The van der Waals surface area contributed by atoms with Gasteiger partial charge in [-0.1, -0.05) is 41.9 Å². The minimum absolute atomic E-state index is 0.206. The second-order valence-electron chi connectivity index (χ2n) is 6.31. The highest BCUT2D eigenvalue weighted by Crippen LogP contribution is 2.28. The predicted octanol–water partition coefficient (Wildman–Crippen LogP) is 4.44. The lowest BCUT2D eigenvalue weighted by atomic mass is 10.0. The van der Waals surface area contributed by atoms with E-state index in [9.17, 15) is 9.90 Å². The SMILES string of the molecule is O=C(O)/C(=C\c1cc(Cl)ccc1OCCN1CCCC1)c1ccccc1. The maximum atomic E-state index is 11.7. The van der Waals surface area contributed by atoms with E-state index < -0.39 is 5.97 Å². The van der Waals surface area contributed by atoms with Crippen molar-refractivity contribution in [2.45, 2.75) is 12.8 Å². The molecule has 1 N–H and O–H groups in total. The molecular formula is C21H22ClNO3. The Morgan fingerprint density at radius 1 is 1.15 bits per heavy atom. The van der Waals surface area contributed by atoms with Gasteiger partial charge in [-0.15, -0.1) is 0 Å². The molecule has 4 nitrogen and oxygen atoms in total. The first-order chi connectivity index (χ1) is 12.6. The maximum absolute atomic E-state index is 11.7. The Kier molecular flexibility index (Phi) is 6.31. The van der Waals surface area contributed by atoms with Gasteiger partial charge in [0.05, 0.1) is 5.57 Å². The molecule has 5 heteroatoms. The van der Waals surface area contributed by atoms with Gasteiger partial charge in [-0.25, -0.2) is 4.79 Å². The van der Waals surface area contributed by atoms with Crippen LogP contribution in [-0.4, -0.2) is 42.2 Å². The van der Waals surface area contributed by atoms with Crippen molar-refractivity contribution in [3.8, 4) is 5.75 Å². The molecule has 1 heterocycles. The number of aliphatic carboxylic acids is 1. The zero-order chi connectivity index (χ0) is 18.4. The van der Waals surface area contributed by atoms with E-state index in [1.165, 1.54) is 12.8 Å². The van der Waals surface area contributed by atoms with Crippen LogP contribution in [0.4, 0.5) is 0 Å². The van der Waals surface area contributed by atoms with E-state index in [-0.39, 0.29) is 5.57 Å². The lowest BCUT2D eigenvalue weighted by molar-refractivity contribution is -0.130. The molecule has 0 radical (unpaired) electrons. The van der Waals surface area contributed by atoms with E-state index in [4.69, 9.17) is 16.3 Å². The molecule has 0 bridgehead atoms. The first-order valence-corrected chi connectivity index (χ1v) is 9.16. The molecule has 0 saturated carbocycles. The fraction of sp³-hybridized carbons (Fsp3) is 0.286. The zero-order valence-corrected chi connectivity index (χ0v) is 15.3. The van der Waals surface area contributed by atoms with Crippen molar-refractivity contribution in [2.75, 3.05) is 26.2 Å². The van der Waals surface area contributed by atoms with E-state index in [0.29, 0.717) is 28.5 Å². The zero-order valence-electron chi connectivity index (χ0n) is 14.5. The first kappa shape index (κ1) is 18.5. The number of carboxylic acid groups (broad SMARTS) is 1. The normalized spacial score (nSPS) is 15.2. The fourth-order valence-corrected chi connectivity index (χ4v) is 3.28. The van der Waals surface area contributed by atoms with E-state index in [2.05, 4.69) is 4.90 Å². The molecule has 2 aromatic rings. The Labute approximate surface area is 158 Å². The molecule has 26 heavy (non-hydrogen) atoms. The second kappa shape index (κ2) is 8.88. The van der Waals surface area contributed by atoms with Gasteiger partial charge in [0, 0.05) is 17.1 Å². The van der Waals surface area contributed by atoms with Crippen LogP contribution in [0.5, 0.6) is 5.75 Å². The number of hydrogen-bond acceptors (Lipinski definition) is 3. The third-order valence-electron chi connectivity index (χ3n) is 4.45. The molecule has 2 aromatic carbocycles. The average molecular weight is 372 g/mol. The number of benzene rings is 2. The molecule has 3 rings (SSSR count).